The molecular weight excluding hydrogens is 164 g/mol. The molecule has 1 fully saturated rings. The highest BCUT2D eigenvalue weighted by Gasteiger charge is 2.31. The smallest absolute Gasteiger partial charge is 0.239 e. The Bertz CT molecular complexity index is 157. The summed E-state index contributed by atoms with van der Waals surface area (Å²) in [5.41, 5.74) is 0. The number of carbonyl (C=O) groups is 1. The van der Waals surface area contributed by atoms with E-state index >= 15 is 0 Å². The first-order chi connectivity index (χ1) is 6.16. The first-order valence-electron chi connectivity index (χ1n) is 5.12. The van der Waals surface area contributed by atoms with E-state index in [-0.39, 0.29) is 11.9 Å². The van der Waals surface area contributed by atoms with Crippen LogP contribution in [0.5, 0.6) is 0 Å². The second-order valence-corrected chi connectivity index (χ2v) is 3.19. The van der Waals surface area contributed by atoms with Crippen LogP contribution in [-0.2, 0) is 4.79 Å². The van der Waals surface area contributed by atoms with E-state index in [1.165, 1.54) is 0 Å². The quantitative estimate of drug-likeness (QED) is 0.647. The summed E-state index contributed by atoms with van der Waals surface area (Å²) in [5, 5.41) is 0. The number of amides is 1. The van der Waals surface area contributed by atoms with Gasteiger partial charge >= 0.3 is 0 Å². The molecule has 1 unspecified atom stereocenters. The van der Waals surface area contributed by atoms with Gasteiger partial charge in [0.1, 0.15) is 0 Å². The standard InChI is InChI=1S/C8H16N2O.C2H6/c1-4-10-6-5-7(8(10)11)9(2)3;1-2/h7H,4-6H2,1-3H3;1-2H3. The molecule has 0 N–H and O–H groups in total. The highest BCUT2D eigenvalue weighted by molar-refractivity contribution is 5.83. The topological polar surface area (TPSA) is 23.6 Å². The van der Waals surface area contributed by atoms with Crippen molar-refractivity contribution < 1.29 is 4.79 Å². The van der Waals surface area contributed by atoms with Crippen LogP contribution in [0.1, 0.15) is 27.2 Å². The van der Waals surface area contributed by atoms with Crippen LogP contribution in [0, 0.1) is 0 Å². The minimum Gasteiger partial charge on any atom is -0.342 e. The average Bonchev–Trinajstić information content (AvgIpc) is 2.50. The maximum atomic E-state index is 11.5. The molecule has 0 radical (unpaired) electrons. The normalized spacial score (nSPS) is 21.8. The SMILES string of the molecule is CC.CCN1CCC(N(C)C)C1=O. The van der Waals surface area contributed by atoms with E-state index in [4.69, 9.17) is 0 Å². The Kier molecular flexibility index (Phi) is 5.71. The fourth-order valence-corrected chi connectivity index (χ4v) is 1.52. The van der Waals surface area contributed by atoms with Gasteiger partial charge in [-0.05, 0) is 27.4 Å². The summed E-state index contributed by atoms with van der Waals surface area (Å²) in [6.45, 7) is 7.80. The molecule has 0 aliphatic carbocycles. The van der Waals surface area contributed by atoms with Gasteiger partial charge in [-0.25, -0.2) is 0 Å². The molecule has 1 aliphatic rings. The number of rotatable bonds is 2. The molecule has 0 aromatic carbocycles. The fraction of sp³-hybridized carbons (Fsp3) is 0.900. The Labute approximate surface area is 81.7 Å². The summed E-state index contributed by atoms with van der Waals surface area (Å²) in [4.78, 5) is 15.4. The number of hydrogen-bond acceptors (Lipinski definition) is 2. The van der Waals surface area contributed by atoms with Gasteiger partial charge in [-0.15, -0.1) is 0 Å². The number of likely N-dealkylation sites (tertiary alicyclic amines) is 1. The van der Waals surface area contributed by atoms with Gasteiger partial charge in [0.05, 0.1) is 6.04 Å². The molecule has 1 rings (SSSR count). The molecule has 1 aliphatic heterocycles. The fourth-order valence-electron chi connectivity index (χ4n) is 1.52. The monoisotopic (exact) mass is 186 g/mol. The zero-order valence-electron chi connectivity index (χ0n) is 9.50. The molecule has 1 atom stereocenters. The summed E-state index contributed by atoms with van der Waals surface area (Å²) in [5.74, 6) is 0.289. The molecule has 1 saturated heterocycles. The zero-order valence-corrected chi connectivity index (χ0v) is 9.50. The van der Waals surface area contributed by atoms with E-state index in [2.05, 4.69) is 0 Å². The van der Waals surface area contributed by atoms with Gasteiger partial charge in [0.2, 0.25) is 5.91 Å². The number of hydrogen-bond donors (Lipinski definition) is 0. The maximum absolute atomic E-state index is 11.5. The molecule has 1 heterocycles. The Morgan fingerprint density at radius 1 is 1.46 bits per heavy atom. The lowest BCUT2D eigenvalue weighted by Gasteiger charge is -2.18. The lowest BCUT2D eigenvalue weighted by atomic mass is 10.2. The Hall–Kier alpha value is -0.570. The van der Waals surface area contributed by atoms with Crippen molar-refractivity contribution in [2.45, 2.75) is 33.2 Å². The number of nitrogens with zero attached hydrogens (tertiary/aromatic N) is 2. The number of likely N-dealkylation sites (N-methyl/N-ethyl adjacent to an activating group) is 2. The van der Waals surface area contributed by atoms with Crippen molar-refractivity contribution in [3.8, 4) is 0 Å². The molecule has 0 saturated carbocycles. The minimum atomic E-state index is 0.134. The van der Waals surface area contributed by atoms with E-state index in [1.54, 1.807) is 0 Å². The van der Waals surface area contributed by atoms with E-state index in [0.29, 0.717) is 0 Å². The van der Waals surface area contributed by atoms with Crippen molar-refractivity contribution in [1.29, 1.82) is 0 Å². The molecule has 0 aromatic heterocycles. The third-order valence-electron chi connectivity index (χ3n) is 2.27. The summed E-state index contributed by atoms with van der Waals surface area (Å²) in [7, 11) is 3.92. The van der Waals surface area contributed by atoms with Crippen molar-refractivity contribution in [3.05, 3.63) is 0 Å². The molecule has 0 aromatic rings. The molecule has 0 bridgehead atoms. The van der Waals surface area contributed by atoms with Crippen molar-refractivity contribution in [3.63, 3.8) is 0 Å². The van der Waals surface area contributed by atoms with Crippen molar-refractivity contribution in [2.75, 3.05) is 27.2 Å². The highest BCUT2D eigenvalue weighted by Crippen LogP contribution is 2.13. The maximum Gasteiger partial charge on any atom is 0.239 e. The summed E-state index contributed by atoms with van der Waals surface area (Å²) in [6, 6.07) is 0.134. The molecule has 3 heteroatoms. The summed E-state index contributed by atoms with van der Waals surface area (Å²) >= 11 is 0. The minimum absolute atomic E-state index is 0.134. The van der Waals surface area contributed by atoms with Gasteiger partial charge in [0.15, 0.2) is 0 Å². The van der Waals surface area contributed by atoms with Crippen molar-refractivity contribution >= 4 is 5.91 Å². The summed E-state index contributed by atoms with van der Waals surface area (Å²) < 4.78 is 0. The van der Waals surface area contributed by atoms with Crippen LogP contribution in [0.4, 0.5) is 0 Å². The van der Waals surface area contributed by atoms with E-state index in [9.17, 15) is 4.79 Å². The molecule has 3 nitrogen and oxygen atoms in total. The molecular formula is C10H22N2O. The van der Waals surface area contributed by atoms with Crippen LogP contribution in [0.25, 0.3) is 0 Å². The second kappa shape index (κ2) is 5.97. The lowest BCUT2D eigenvalue weighted by molar-refractivity contribution is -0.131. The lowest BCUT2D eigenvalue weighted by Crippen LogP contribution is -2.37. The average molecular weight is 186 g/mol. The van der Waals surface area contributed by atoms with Crippen LogP contribution < -0.4 is 0 Å². The molecule has 13 heavy (non-hydrogen) atoms. The van der Waals surface area contributed by atoms with Gasteiger partial charge in [0.25, 0.3) is 0 Å². The van der Waals surface area contributed by atoms with E-state index < -0.39 is 0 Å². The van der Waals surface area contributed by atoms with Crippen LogP contribution in [-0.4, -0.2) is 48.9 Å². The Balaban J connectivity index is 0.000000671. The zero-order chi connectivity index (χ0) is 10.4. The first kappa shape index (κ1) is 12.4. The van der Waals surface area contributed by atoms with Crippen molar-refractivity contribution in [2.24, 2.45) is 0 Å². The Morgan fingerprint density at radius 3 is 2.23 bits per heavy atom. The van der Waals surface area contributed by atoms with Gasteiger partial charge in [-0.3, -0.25) is 9.69 Å². The van der Waals surface area contributed by atoms with Crippen molar-refractivity contribution in [1.82, 2.24) is 9.80 Å². The largest absolute Gasteiger partial charge is 0.342 e. The van der Waals surface area contributed by atoms with Crippen LogP contribution in [0.3, 0.4) is 0 Å². The third-order valence-corrected chi connectivity index (χ3v) is 2.27. The van der Waals surface area contributed by atoms with Gasteiger partial charge in [-0.1, -0.05) is 13.8 Å². The third kappa shape index (κ3) is 2.99. The van der Waals surface area contributed by atoms with E-state index in [0.717, 1.165) is 19.5 Å². The first-order valence-corrected chi connectivity index (χ1v) is 5.12. The van der Waals surface area contributed by atoms with Gasteiger partial charge in [-0.2, -0.15) is 0 Å². The van der Waals surface area contributed by atoms with Crippen LogP contribution >= 0.6 is 0 Å². The Morgan fingerprint density at radius 2 is 2.00 bits per heavy atom. The van der Waals surface area contributed by atoms with Crippen LogP contribution in [0.15, 0.2) is 0 Å². The number of carbonyl (C=O) groups excluding carboxylic acids is 1. The predicted molar refractivity (Wildman–Crippen MR) is 55.7 cm³/mol. The molecule has 78 valence electrons. The summed E-state index contributed by atoms with van der Waals surface area (Å²) in [6.07, 6.45) is 0.986. The second-order valence-electron chi connectivity index (χ2n) is 3.19. The van der Waals surface area contributed by atoms with Gasteiger partial charge < -0.3 is 4.90 Å². The van der Waals surface area contributed by atoms with E-state index in [1.807, 2.05) is 44.7 Å². The molecule has 1 amide bonds. The highest BCUT2D eigenvalue weighted by atomic mass is 16.2. The predicted octanol–water partition coefficient (Wildman–Crippen LogP) is 1.20. The van der Waals surface area contributed by atoms with Gasteiger partial charge in [0, 0.05) is 13.1 Å². The van der Waals surface area contributed by atoms with Crippen LogP contribution in [0.2, 0.25) is 0 Å². The molecule has 0 spiro atoms.